The van der Waals surface area contributed by atoms with Gasteiger partial charge in [0.25, 0.3) is 0 Å². The van der Waals surface area contributed by atoms with E-state index in [4.69, 9.17) is 28.4 Å². The Bertz CT molecular complexity index is 378. The fourth-order valence-electron chi connectivity index (χ4n) is 2.06. The highest BCUT2D eigenvalue weighted by molar-refractivity contribution is 5.39. The van der Waals surface area contributed by atoms with Crippen molar-refractivity contribution in [1.29, 1.82) is 0 Å². The molecule has 8 nitrogen and oxygen atoms in total. The second kappa shape index (κ2) is 12.2. The van der Waals surface area contributed by atoms with E-state index in [1.165, 1.54) is 0 Å². The Morgan fingerprint density at radius 1 is 0.792 bits per heavy atom. The third-order valence-corrected chi connectivity index (χ3v) is 3.00. The minimum absolute atomic E-state index is 0. The zero-order chi connectivity index (χ0) is 15.9. The summed E-state index contributed by atoms with van der Waals surface area (Å²) in [6.45, 7) is 1.59. The van der Waals surface area contributed by atoms with E-state index < -0.39 is 12.6 Å². The minimum Gasteiger partial charge on any atom is -1.00 e. The molecule has 0 N–H and O–H groups in total. The molecule has 4 atom stereocenters. The largest absolute Gasteiger partial charge is 1.00 e. The van der Waals surface area contributed by atoms with Gasteiger partial charge in [-0.15, -0.1) is 0 Å². The van der Waals surface area contributed by atoms with Gasteiger partial charge in [-0.1, -0.05) is 0 Å². The van der Waals surface area contributed by atoms with Gasteiger partial charge in [0.1, 0.15) is 53.6 Å². The maximum atomic E-state index is 5.77. The van der Waals surface area contributed by atoms with Crippen LogP contribution in [0.15, 0.2) is 0 Å². The normalized spacial score (nSPS) is 28.3. The molecule has 0 radical (unpaired) electrons. The van der Waals surface area contributed by atoms with Crippen molar-refractivity contribution in [3.05, 3.63) is 0 Å². The first-order valence-electron chi connectivity index (χ1n) is 7.31. The van der Waals surface area contributed by atoms with Crippen LogP contribution in [0.25, 0.3) is 0 Å². The smallest absolute Gasteiger partial charge is 0.323 e. The van der Waals surface area contributed by atoms with E-state index in [0.717, 1.165) is 0 Å². The lowest BCUT2D eigenvalue weighted by Crippen LogP contribution is -3.00. The third kappa shape index (κ3) is 8.21. The van der Waals surface area contributed by atoms with E-state index >= 15 is 0 Å². The molecule has 24 heavy (non-hydrogen) atoms. The second-order valence-electron chi connectivity index (χ2n) is 5.68. The Labute approximate surface area is 163 Å². The summed E-state index contributed by atoms with van der Waals surface area (Å²) in [5.74, 6) is 0. The lowest BCUT2D eigenvalue weighted by atomic mass is 10.2. The van der Waals surface area contributed by atoms with E-state index in [-0.39, 0.29) is 46.2 Å². The minimum atomic E-state index is -0.403. The molecule has 2 rings (SSSR count). The zero-order valence-electron chi connectivity index (χ0n) is 14.4. The summed E-state index contributed by atoms with van der Waals surface area (Å²) >= 11 is 0. The van der Waals surface area contributed by atoms with E-state index in [2.05, 4.69) is 0 Å². The Hall–Kier alpha value is -0.260. The summed E-state index contributed by atoms with van der Waals surface area (Å²) in [6.07, 6.45) is 2.13. The maximum Gasteiger partial charge on any atom is 0.323 e. The molecule has 2 aliphatic rings. The Morgan fingerprint density at radius 3 is 1.50 bits per heavy atom. The Balaban J connectivity index is 0.00000264. The van der Waals surface area contributed by atoms with Crippen LogP contribution in [0.1, 0.15) is 0 Å². The lowest BCUT2D eigenvalue weighted by Gasteiger charge is -2.41. The Kier molecular flexibility index (Phi) is 12.0. The second-order valence-corrected chi connectivity index (χ2v) is 5.68. The number of fused-ring (bicyclic) bond motifs is 1. The molecule has 0 amide bonds. The summed E-state index contributed by atoms with van der Waals surface area (Å²) < 4.78 is 37.1. The van der Waals surface area contributed by atoms with Crippen LogP contribution < -0.4 is 34.0 Å². The number of ether oxygens (including phenoxy) is 6. The highest BCUT2D eigenvalue weighted by atomic mass is 79.9. The molecule has 0 aliphatic carbocycles. The molecule has 0 saturated carbocycles. The molecular weight excluding hydrogens is 452 g/mol. The van der Waals surface area contributed by atoms with Gasteiger partial charge in [-0.05, 0) is 0 Å². The summed E-state index contributed by atoms with van der Waals surface area (Å²) in [4.78, 5) is 0. The van der Waals surface area contributed by atoms with Crippen LogP contribution in [0.5, 0.6) is 0 Å². The maximum absolute atomic E-state index is 5.77. The van der Waals surface area contributed by atoms with E-state index in [0.29, 0.717) is 26.4 Å². The van der Waals surface area contributed by atoms with Crippen molar-refractivity contribution in [3.8, 4) is 0 Å². The molecule has 142 valence electrons. The summed E-state index contributed by atoms with van der Waals surface area (Å²) in [5.41, 5.74) is 0. The van der Waals surface area contributed by atoms with Gasteiger partial charge in [0.05, 0.1) is 13.2 Å². The van der Waals surface area contributed by atoms with E-state index in [9.17, 15) is 0 Å². The van der Waals surface area contributed by atoms with Crippen LogP contribution in [-0.2, 0) is 28.4 Å². The highest BCUT2D eigenvalue weighted by Gasteiger charge is 2.39. The average molecular weight is 478 g/mol. The molecule has 0 aromatic carbocycles. The summed E-state index contributed by atoms with van der Waals surface area (Å²) in [6, 6.07) is 0. The molecule has 2 saturated heterocycles. The summed E-state index contributed by atoms with van der Waals surface area (Å²) in [7, 11) is 7.55. The quantitative estimate of drug-likeness (QED) is 0.215. The van der Waals surface area contributed by atoms with Crippen LogP contribution in [0.2, 0.25) is 0 Å². The number of rotatable bonds is 6. The van der Waals surface area contributed by atoms with Gasteiger partial charge in [0.15, 0.2) is 12.6 Å². The molecule has 0 unspecified atom stereocenters. The number of nitrogens with zero attached hydrogens (tertiary/aromatic N) is 2. The Morgan fingerprint density at radius 2 is 1.17 bits per heavy atom. The number of halogens is 2. The molecule has 0 spiro atoms. The SMILES string of the molecule is C[N+](C)=COC[C@@H]1OC[C@@H]2O[C@H](COC=[N+](C)C)OC[C@@H]2O1.[Br-].[Br-]. The zero-order valence-corrected chi connectivity index (χ0v) is 17.6. The predicted molar refractivity (Wildman–Crippen MR) is 77.5 cm³/mol. The van der Waals surface area contributed by atoms with Gasteiger partial charge in [0, 0.05) is 0 Å². The fraction of sp³-hybridized carbons (Fsp3) is 0.857. The third-order valence-electron chi connectivity index (χ3n) is 3.00. The first kappa shape index (κ1) is 23.7. The molecule has 2 heterocycles. The molecule has 0 aromatic rings. The van der Waals surface area contributed by atoms with Gasteiger partial charge in [-0.3, -0.25) is 0 Å². The molecule has 10 heteroatoms. The van der Waals surface area contributed by atoms with Crippen molar-refractivity contribution < 1.29 is 71.5 Å². The molecule has 2 fully saturated rings. The summed E-state index contributed by atoms with van der Waals surface area (Å²) in [5, 5.41) is 0. The van der Waals surface area contributed by atoms with Gasteiger partial charge in [0.2, 0.25) is 0 Å². The van der Waals surface area contributed by atoms with Gasteiger partial charge >= 0.3 is 12.8 Å². The molecule has 0 bridgehead atoms. The van der Waals surface area contributed by atoms with Crippen LogP contribution in [-0.4, -0.2) is 101 Å². The van der Waals surface area contributed by atoms with Crippen molar-refractivity contribution in [2.75, 3.05) is 54.6 Å². The van der Waals surface area contributed by atoms with Crippen molar-refractivity contribution in [3.63, 3.8) is 0 Å². The van der Waals surface area contributed by atoms with Crippen LogP contribution in [0.4, 0.5) is 0 Å². The van der Waals surface area contributed by atoms with Crippen LogP contribution >= 0.6 is 0 Å². The predicted octanol–water partition coefficient (Wildman–Crippen LogP) is -6.89. The first-order valence-corrected chi connectivity index (χ1v) is 7.31. The topological polar surface area (TPSA) is 61.4 Å². The van der Waals surface area contributed by atoms with E-state index in [1.54, 1.807) is 12.8 Å². The molecular formula is C14H26Br2N2O6. The number of hydrogen-bond donors (Lipinski definition) is 0. The van der Waals surface area contributed by atoms with Crippen LogP contribution in [0, 0.1) is 0 Å². The molecule has 0 aromatic heterocycles. The van der Waals surface area contributed by atoms with Crippen molar-refractivity contribution in [2.45, 2.75) is 24.8 Å². The lowest BCUT2D eigenvalue weighted by molar-refractivity contribution is -0.469. The van der Waals surface area contributed by atoms with E-state index in [1.807, 2.05) is 37.3 Å². The standard InChI is InChI=1S/C14H26N2O6.2BrH/c1-15(2)9-17-7-13-19-5-12-11(21-13)6-20-14(22-12)8-18-10-16(3)4;;/h9-14H,5-8H2,1-4H3;2*1H/q+2;;/p-2/t11-,12-,13+,14+;;/m0../s1. The average Bonchev–Trinajstić information content (AvgIpc) is 2.46. The van der Waals surface area contributed by atoms with Gasteiger partial charge in [-0.2, -0.15) is 0 Å². The molecule has 2 aliphatic heterocycles. The fourth-order valence-corrected chi connectivity index (χ4v) is 2.06. The van der Waals surface area contributed by atoms with Gasteiger partial charge in [-0.25, -0.2) is 9.15 Å². The van der Waals surface area contributed by atoms with Crippen LogP contribution in [0.3, 0.4) is 0 Å². The van der Waals surface area contributed by atoms with Crippen molar-refractivity contribution in [1.82, 2.24) is 0 Å². The highest BCUT2D eigenvalue weighted by Crippen LogP contribution is 2.22. The van der Waals surface area contributed by atoms with Crippen molar-refractivity contribution in [2.24, 2.45) is 0 Å². The van der Waals surface area contributed by atoms with Crippen molar-refractivity contribution >= 4 is 12.8 Å². The monoisotopic (exact) mass is 476 g/mol. The number of hydrogen-bond acceptors (Lipinski definition) is 6. The van der Waals surface area contributed by atoms with Gasteiger partial charge < -0.3 is 62.4 Å². The first-order chi connectivity index (χ1) is 10.5.